The summed E-state index contributed by atoms with van der Waals surface area (Å²) in [4.78, 5) is 24.5. The number of urea groups is 1. The van der Waals surface area contributed by atoms with E-state index in [0.29, 0.717) is 11.5 Å². The second-order valence-electron chi connectivity index (χ2n) is 6.72. The van der Waals surface area contributed by atoms with Gasteiger partial charge in [-0.1, -0.05) is 19.1 Å². The Hall–Kier alpha value is -2.87. The fraction of sp³-hybridized carbons (Fsp3) is 0.389. The van der Waals surface area contributed by atoms with Gasteiger partial charge in [0, 0.05) is 17.8 Å². The SMILES string of the molecule is Cc1cccc(NC(=O)Nc2cc(C)nn2C2NC(=O)C(C)C(C)N2)c1. The molecule has 3 amide bonds. The van der Waals surface area contributed by atoms with Crippen molar-refractivity contribution in [2.24, 2.45) is 5.92 Å². The molecule has 26 heavy (non-hydrogen) atoms. The Labute approximate surface area is 152 Å². The zero-order valence-corrected chi connectivity index (χ0v) is 15.3. The molecule has 1 fully saturated rings. The number of carbonyl (C=O) groups is 2. The van der Waals surface area contributed by atoms with Crippen LogP contribution in [-0.2, 0) is 4.79 Å². The Morgan fingerprint density at radius 1 is 1.19 bits per heavy atom. The molecule has 1 saturated heterocycles. The van der Waals surface area contributed by atoms with Crippen molar-refractivity contribution in [1.82, 2.24) is 20.4 Å². The first-order valence-electron chi connectivity index (χ1n) is 8.61. The van der Waals surface area contributed by atoms with E-state index in [0.717, 1.165) is 11.3 Å². The van der Waals surface area contributed by atoms with E-state index in [2.05, 4.69) is 26.4 Å². The highest BCUT2D eigenvalue weighted by molar-refractivity contribution is 5.99. The molecule has 0 bridgehead atoms. The number of anilines is 2. The van der Waals surface area contributed by atoms with Crippen LogP contribution in [0.1, 0.15) is 31.4 Å². The van der Waals surface area contributed by atoms with Crippen LogP contribution in [0.15, 0.2) is 30.3 Å². The number of hydrogen-bond acceptors (Lipinski definition) is 4. The molecule has 1 aliphatic rings. The summed E-state index contributed by atoms with van der Waals surface area (Å²) in [6, 6.07) is 8.92. The minimum atomic E-state index is -0.517. The number of aryl methyl sites for hydroxylation is 2. The third kappa shape index (κ3) is 3.85. The van der Waals surface area contributed by atoms with Gasteiger partial charge in [0.1, 0.15) is 5.82 Å². The van der Waals surface area contributed by atoms with E-state index in [9.17, 15) is 9.59 Å². The van der Waals surface area contributed by atoms with E-state index in [1.54, 1.807) is 10.7 Å². The molecular formula is C18H24N6O2. The maximum atomic E-state index is 12.3. The first kappa shape index (κ1) is 17.9. The lowest BCUT2D eigenvalue weighted by atomic mass is 10.0. The zero-order valence-electron chi connectivity index (χ0n) is 15.3. The predicted molar refractivity (Wildman–Crippen MR) is 99.7 cm³/mol. The van der Waals surface area contributed by atoms with Crippen molar-refractivity contribution < 1.29 is 9.59 Å². The molecule has 1 aliphatic heterocycles. The van der Waals surface area contributed by atoms with Crippen molar-refractivity contribution in [3.8, 4) is 0 Å². The smallest absolute Gasteiger partial charge is 0.322 e. The summed E-state index contributed by atoms with van der Waals surface area (Å²) in [6.07, 6.45) is -0.517. The lowest BCUT2D eigenvalue weighted by molar-refractivity contribution is -0.130. The van der Waals surface area contributed by atoms with Gasteiger partial charge in [-0.2, -0.15) is 5.10 Å². The molecule has 0 aliphatic carbocycles. The lowest BCUT2D eigenvalue weighted by Gasteiger charge is -2.34. The molecule has 8 heteroatoms. The Kier molecular flexibility index (Phi) is 4.94. The number of rotatable bonds is 3. The van der Waals surface area contributed by atoms with Gasteiger partial charge >= 0.3 is 6.03 Å². The molecule has 3 unspecified atom stereocenters. The summed E-state index contributed by atoms with van der Waals surface area (Å²) in [5.41, 5.74) is 2.50. The average Bonchev–Trinajstić information content (AvgIpc) is 2.92. The summed E-state index contributed by atoms with van der Waals surface area (Å²) < 4.78 is 1.57. The Morgan fingerprint density at radius 3 is 2.65 bits per heavy atom. The number of amides is 3. The minimum Gasteiger partial charge on any atom is -0.322 e. The molecular weight excluding hydrogens is 332 g/mol. The maximum absolute atomic E-state index is 12.3. The Balaban J connectivity index is 1.75. The lowest BCUT2D eigenvalue weighted by Crippen LogP contribution is -2.57. The van der Waals surface area contributed by atoms with Crippen molar-refractivity contribution in [3.05, 3.63) is 41.6 Å². The van der Waals surface area contributed by atoms with Gasteiger partial charge in [-0.3, -0.25) is 15.4 Å². The second kappa shape index (κ2) is 7.17. The molecule has 138 valence electrons. The zero-order chi connectivity index (χ0) is 18.8. The summed E-state index contributed by atoms with van der Waals surface area (Å²) in [6.45, 7) is 7.61. The van der Waals surface area contributed by atoms with E-state index in [1.165, 1.54) is 0 Å². The van der Waals surface area contributed by atoms with Crippen molar-refractivity contribution in [2.45, 2.75) is 40.0 Å². The minimum absolute atomic E-state index is 0.00720. The molecule has 3 rings (SSSR count). The van der Waals surface area contributed by atoms with Crippen LogP contribution in [0.25, 0.3) is 0 Å². The molecule has 4 N–H and O–H groups in total. The van der Waals surface area contributed by atoms with Crippen LogP contribution in [0.4, 0.5) is 16.3 Å². The fourth-order valence-electron chi connectivity index (χ4n) is 2.87. The van der Waals surface area contributed by atoms with Crippen LogP contribution in [-0.4, -0.2) is 27.8 Å². The molecule has 1 aromatic carbocycles. The summed E-state index contributed by atoms with van der Waals surface area (Å²) in [5.74, 6) is 0.306. The van der Waals surface area contributed by atoms with Crippen LogP contribution >= 0.6 is 0 Å². The van der Waals surface area contributed by atoms with Crippen molar-refractivity contribution in [2.75, 3.05) is 10.6 Å². The number of nitrogens with zero attached hydrogens (tertiary/aromatic N) is 2. The third-order valence-electron chi connectivity index (χ3n) is 4.48. The van der Waals surface area contributed by atoms with Gasteiger partial charge in [0.05, 0.1) is 11.6 Å². The molecule has 2 heterocycles. The van der Waals surface area contributed by atoms with Crippen molar-refractivity contribution >= 4 is 23.4 Å². The van der Waals surface area contributed by atoms with Crippen molar-refractivity contribution in [1.29, 1.82) is 0 Å². The summed E-state index contributed by atoms with van der Waals surface area (Å²) in [5, 5.41) is 16.2. The fourth-order valence-corrected chi connectivity index (χ4v) is 2.87. The highest BCUT2D eigenvalue weighted by Crippen LogP contribution is 2.20. The van der Waals surface area contributed by atoms with Gasteiger partial charge in [-0.15, -0.1) is 0 Å². The van der Waals surface area contributed by atoms with Gasteiger partial charge in [-0.05, 0) is 38.5 Å². The number of benzene rings is 1. The summed E-state index contributed by atoms with van der Waals surface area (Å²) >= 11 is 0. The highest BCUT2D eigenvalue weighted by Gasteiger charge is 2.32. The molecule has 3 atom stereocenters. The molecule has 8 nitrogen and oxygen atoms in total. The first-order valence-corrected chi connectivity index (χ1v) is 8.61. The monoisotopic (exact) mass is 356 g/mol. The van der Waals surface area contributed by atoms with E-state index in [1.807, 2.05) is 52.0 Å². The van der Waals surface area contributed by atoms with E-state index in [-0.39, 0.29) is 23.9 Å². The second-order valence-corrected chi connectivity index (χ2v) is 6.72. The van der Waals surface area contributed by atoms with Gasteiger partial charge in [0.15, 0.2) is 6.29 Å². The van der Waals surface area contributed by atoms with Gasteiger partial charge < -0.3 is 10.6 Å². The molecule has 0 radical (unpaired) electrons. The van der Waals surface area contributed by atoms with Crippen molar-refractivity contribution in [3.63, 3.8) is 0 Å². The number of hydrogen-bond donors (Lipinski definition) is 4. The molecule has 0 spiro atoms. The number of carbonyl (C=O) groups excluding carboxylic acids is 2. The standard InChI is InChI=1S/C18H24N6O2/c1-10-6-5-7-14(8-10)20-18(26)21-15-9-11(2)23-24(15)17-19-13(4)12(3)16(25)22-17/h5-9,12-13,17,19H,1-4H3,(H,22,25)(H2,20,21,26). The maximum Gasteiger partial charge on any atom is 0.324 e. The van der Waals surface area contributed by atoms with Crippen LogP contribution in [0.2, 0.25) is 0 Å². The molecule has 2 aromatic rings. The number of nitrogens with one attached hydrogen (secondary N) is 4. The summed E-state index contributed by atoms with van der Waals surface area (Å²) in [7, 11) is 0. The van der Waals surface area contributed by atoms with E-state index >= 15 is 0 Å². The average molecular weight is 356 g/mol. The van der Waals surface area contributed by atoms with Crippen LogP contribution in [0, 0.1) is 19.8 Å². The Bertz CT molecular complexity index is 831. The first-order chi connectivity index (χ1) is 12.3. The number of aromatic nitrogens is 2. The molecule has 1 aromatic heterocycles. The quantitative estimate of drug-likeness (QED) is 0.678. The normalized spacial score (nSPS) is 22.6. The largest absolute Gasteiger partial charge is 0.324 e. The third-order valence-corrected chi connectivity index (χ3v) is 4.48. The van der Waals surface area contributed by atoms with Crippen LogP contribution < -0.4 is 21.3 Å². The van der Waals surface area contributed by atoms with E-state index in [4.69, 9.17) is 0 Å². The Morgan fingerprint density at radius 2 is 1.96 bits per heavy atom. The highest BCUT2D eigenvalue weighted by atomic mass is 16.2. The predicted octanol–water partition coefficient (Wildman–Crippen LogP) is 2.34. The molecule has 0 saturated carbocycles. The van der Waals surface area contributed by atoms with Gasteiger partial charge in [0.2, 0.25) is 5.91 Å². The van der Waals surface area contributed by atoms with Gasteiger partial charge in [0.25, 0.3) is 0 Å². The van der Waals surface area contributed by atoms with Gasteiger partial charge in [-0.25, -0.2) is 9.48 Å². The van der Waals surface area contributed by atoms with Crippen LogP contribution in [0.3, 0.4) is 0 Å². The topological polar surface area (TPSA) is 100 Å². The van der Waals surface area contributed by atoms with E-state index < -0.39 is 6.29 Å². The van der Waals surface area contributed by atoms with Crippen LogP contribution in [0.5, 0.6) is 0 Å².